The molecule has 0 aromatic rings. The van der Waals surface area contributed by atoms with Gasteiger partial charge in [0.2, 0.25) is 0 Å². The normalized spacial score (nSPS) is 22.2. The van der Waals surface area contributed by atoms with Crippen LogP contribution in [0.25, 0.3) is 0 Å². The minimum absolute atomic E-state index is 0.0567. The Kier molecular flexibility index (Phi) is 5.66. The number of halogens is 1. The zero-order valence-corrected chi connectivity index (χ0v) is 9.99. The van der Waals surface area contributed by atoms with Gasteiger partial charge in [-0.1, -0.05) is 40.8 Å². The van der Waals surface area contributed by atoms with E-state index in [1.54, 1.807) is 0 Å². The van der Waals surface area contributed by atoms with E-state index in [1.807, 2.05) is 4.93 Å². The van der Waals surface area contributed by atoms with Crippen LogP contribution in [0.15, 0.2) is 23.8 Å². The highest BCUT2D eigenvalue weighted by Gasteiger charge is 2.18. The Morgan fingerprint density at radius 3 is 2.54 bits per heavy atom. The van der Waals surface area contributed by atoms with E-state index in [9.17, 15) is 0 Å². The Morgan fingerprint density at radius 2 is 2.00 bits per heavy atom. The molecule has 0 bridgehead atoms. The minimum atomic E-state index is -0.0567. The van der Waals surface area contributed by atoms with Gasteiger partial charge in [0.15, 0.2) is 6.29 Å². The van der Waals surface area contributed by atoms with Gasteiger partial charge in [-0.2, -0.15) is 0 Å². The topological polar surface area (TPSA) is 18.5 Å². The molecule has 3 heteroatoms. The molecule has 74 valence electrons. The summed E-state index contributed by atoms with van der Waals surface area (Å²) in [6.45, 7) is 1.67. The summed E-state index contributed by atoms with van der Waals surface area (Å²) >= 11 is 2.15. The average molecular weight is 294 g/mol. The van der Waals surface area contributed by atoms with Gasteiger partial charge in [-0.15, -0.1) is 0 Å². The Bertz CT molecular complexity index is 193. The van der Waals surface area contributed by atoms with Crippen molar-refractivity contribution in [3.05, 3.63) is 23.8 Å². The summed E-state index contributed by atoms with van der Waals surface area (Å²) in [6.07, 6.45) is 8.21. The standard InChI is InChI=1S/C9H12O2.CH3I/c1-2-5-8(4-1)9-10-6-3-7-11-9;1-2/h1-2,4,9H,3,5-7H2;1H3. The maximum absolute atomic E-state index is 5.43. The Morgan fingerprint density at radius 1 is 1.31 bits per heavy atom. The molecule has 0 aromatic carbocycles. The molecule has 13 heavy (non-hydrogen) atoms. The third-order valence-electron chi connectivity index (χ3n) is 1.93. The lowest BCUT2D eigenvalue weighted by atomic mass is 10.2. The molecule has 0 amide bonds. The molecule has 2 nitrogen and oxygen atoms in total. The fraction of sp³-hybridized carbons (Fsp3) is 0.600. The molecule has 1 fully saturated rings. The number of alkyl halides is 1. The molecule has 1 aliphatic heterocycles. The van der Waals surface area contributed by atoms with Gasteiger partial charge in [0.1, 0.15) is 0 Å². The van der Waals surface area contributed by atoms with Gasteiger partial charge >= 0.3 is 0 Å². The summed E-state index contributed by atoms with van der Waals surface area (Å²) in [7, 11) is 0. The molecule has 1 aliphatic carbocycles. The van der Waals surface area contributed by atoms with Crippen molar-refractivity contribution in [3.8, 4) is 0 Å². The number of allylic oxidation sites excluding steroid dienone is 3. The lowest BCUT2D eigenvalue weighted by molar-refractivity contribution is -0.156. The highest BCUT2D eigenvalue weighted by molar-refractivity contribution is 14.1. The highest BCUT2D eigenvalue weighted by Crippen LogP contribution is 2.20. The van der Waals surface area contributed by atoms with Crippen molar-refractivity contribution in [1.82, 2.24) is 0 Å². The van der Waals surface area contributed by atoms with Crippen LogP contribution < -0.4 is 0 Å². The fourth-order valence-corrected chi connectivity index (χ4v) is 1.34. The maximum Gasteiger partial charge on any atom is 0.180 e. The molecular formula is C10H15IO2. The van der Waals surface area contributed by atoms with Crippen LogP contribution in [0, 0.1) is 0 Å². The molecule has 0 saturated carbocycles. The Labute approximate surface area is 93.1 Å². The lowest BCUT2D eigenvalue weighted by Crippen LogP contribution is -2.26. The molecule has 0 aromatic heterocycles. The van der Waals surface area contributed by atoms with Crippen LogP contribution in [0.1, 0.15) is 12.8 Å². The number of ether oxygens (including phenoxy) is 2. The molecule has 1 heterocycles. The predicted octanol–water partition coefficient (Wildman–Crippen LogP) is 2.69. The minimum Gasteiger partial charge on any atom is -0.349 e. The predicted molar refractivity (Wildman–Crippen MR) is 62.1 cm³/mol. The third-order valence-corrected chi connectivity index (χ3v) is 1.93. The molecule has 2 aliphatic rings. The molecular weight excluding hydrogens is 279 g/mol. The van der Waals surface area contributed by atoms with E-state index in [0.717, 1.165) is 26.1 Å². The van der Waals surface area contributed by atoms with E-state index in [2.05, 4.69) is 40.8 Å². The smallest absolute Gasteiger partial charge is 0.180 e. The summed E-state index contributed by atoms with van der Waals surface area (Å²) in [5.41, 5.74) is 1.25. The summed E-state index contributed by atoms with van der Waals surface area (Å²) in [5.74, 6) is 0. The van der Waals surface area contributed by atoms with Crippen molar-refractivity contribution in [2.75, 3.05) is 18.1 Å². The van der Waals surface area contributed by atoms with Crippen molar-refractivity contribution in [2.24, 2.45) is 0 Å². The van der Waals surface area contributed by atoms with Crippen molar-refractivity contribution in [3.63, 3.8) is 0 Å². The van der Waals surface area contributed by atoms with Crippen molar-refractivity contribution < 1.29 is 9.47 Å². The lowest BCUT2D eigenvalue weighted by Gasteiger charge is -2.24. The molecule has 0 spiro atoms. The maximum atomic E-state index is 5.43. The van der Waals surface area contributed by atoms with Gasteiger partial charge in [0.25, 0.3) is 0 Å². The molecule has 1 saturated heterocycles. The average Bonchev–Trinajstić information content (AvgIpc) is 2.75. The first-order valence-electron chi connectivity index (χ1n) is 4.43. The van der Waals surface area contributed by atoms with Crippen LogP contribution in [-0.4, -0.2) is 24.4 Å². The largest absolute Gasteiger partial charge is 0.349 e. The van der Waals surface area contributed by atoms with Crippen molar-refractivity contribution in [2.45, 2.75) is 19.1 Å². The van der Waals surface area contributed by atoms with Crippen molar-refractivity contribution in [1.29, 1.82) is 0 Å². The van der Waals surface area contributed by atoms with E-state index in [1.165, 1.54) is 5.57 Å². The molecule has 0 atom stereocenters. The van der Waals surface area contributed by atoms with E-state index >= 15 is 0 Å². The summed E-state index contributed by atoms with van der Waals surface area (Å²) in [4.78, 5) is 1.97. The molecule has 2 rings (SSSR count). The second kappa shape index (κ2) is 6.56. The summed E-state index contributed by atoms with van der Waals surface area (Å²) < 4.78 is 10.9. The molecule has 0 radical (unpaired) electrons. The Hall–Kier alpha value is 0.130. The zero-order chi connectivity index (χ0) is 9.52. The first-order chi connectivity index (χ1) is 6.47. The summed E-state index contributed by atoms with van der Waals surface area (Å²) in [6, 6.07) is 0. The van der Waals surface area contributed by atoms with Crippen LogP contribution >= 0.6 is 22.6 Å². The van der Waals surface area contributed by atoms with Gasteiger partial charge in [-0.3, -0.25) is 0 Å². The number of hydrogen-bond acceptors (Lipinski definition) is 2. The van der Waals surface area contributed by atoms with Crippen LogP contribution in [-0.2, 0) is 9.47 Å². The van der Waals surface area contributed by atoms with Crippen molar-refractivity contribution >= 4 is 22.6 Å². The SMILES string of the molecule is C1=CCC(C2OCCCO2)=C1.CI. The monoisotopic (exact) mass is 294 g/mol. The quantitative estimate of drug-likeness (QED) is 0.547. The van der Waals surface area contributed by atoms with Crippen LogP contribution in [0.2, 0.25) is 0 Å². The van der Waals surface area contributed by atoms with Crippen LogP contribution in [0.3, 0.4) is 0 Å². The molecule has 0 N–H and O–H groups in total. The zero-order valence-electron chi connectivity index (χ0n) is 7.83. The van der Waals surface area contributed by atoms with Gasteiger partial charge in [-0.25, -0.2) is 0 Å². The van der Waals surface area contributed by atoms with Crippen LogP contribution in [0.4, 0.5) is 0 Å². The number of hydrogen-bond donors (Lipinski definition) is 0. The summed E-state index contributed by atoms with van der Waals surface area (Å²) in [5, 5.41) is 0. The van der Waals surface area contributed by atoms with Gasteiger partial charge in [0.05, 0.1) is 13.2 Å². The van der Waals surface area contributed by atoms with E-state index in [-0.39, 0.29) is 6.29 Å². The van der Waals surface area contributed by atoms with Gasteiger partial charge in [-0.05, 0) is 23.3 Å². The van der Waals surface area contributed by atoms with E-state index < -0.39 is 0 Å². The van der Waals surface area contributed by atoms with E-state index in [0.29, 0.717) is 0 Å². The Balaban J connectivity index is 0.000000396. The highest BCUT2D eigenvalue weighted by atomic mass is 127. The van der Waals surface area contributed by atoms with Crippen LogP contribution in [0.5, 0.6) is 0 Å². The van der Waals surface area contributed by atoms with E-state index in [4.69, 9.17) is 9.47 Å². The first kappa shape index (κ1) is 11.2. The molecule has 0 unspecified atom stereocenters. The fourth-order valence-electron chi connectivity index (χ4n) is 1.34. The number of rotatable bonds is 1. The first-order valence-corrected chi connectivity index (χ1v) is 6.59. The third kappa shape index (κ3) is 3.40. The second-order valence-corrected chi connectivity index (χ2v) is 2.80. The van der Waals surface area contributed by atoms with Gasteiger partial charge in [0, 0.05) is 0 Å². The van der Waals surface area contributed by atoms with Gasteiger partial charge < -0.3 is 9.47 Å². The second-order valence-electron chi connectivity index (χ2n) is 2.80.